The molecule has 0 aliphatic heterocycles. The number of rotatable bonds is 6. The minimum absolute atomic E-state index is 0.221. The van der Waals surface area contributed by atoms with E-state index >= 15 is 0 Å². The van der Waals surface area contributed by atoms with Gasteiger partial charge in [0.2, 0.25) is 0 Å². The molecule has 2 rings (SSSR count). The smallest absolute Gasteiger partial charge is 0.137 e. The van der Waals surface area contributed by atoms with Crippen LogP contribution in [0.15, 0.2) is 28.2 Å². The molecule has 2 nitrogen and oxygen atoms in total. The van der Waals surface area contributed by atoms with E-state index in [0.717, 1.165) is 30.6 Å². The predicted octanol–water partition coefficient (Wildman–Crippen LogP) is 4.64. The van der Waals surface area contributed by atoms with Crippen LogP contribution in [0, 0.1) is 12.7 Å². The molecule has 0 fully saturated rings. The first-order valence-electron chi connectivity index (χ1n) is 6.69. The van der Waals surface area contributed by atoms with Gasteiger partial charge in [0.05, 0.1) is 15.7 Å². The number of nitrogens with one attached hydrogen (secondary N) is 1. The molecule has 0 saturated carbocycles. The topological polar surface area (TPSA) is 24.9 Å². The Morgan fingerprint density at radius 2 is 2.25 bits per heavy atom. The van der Waals surface area contributed by atoms with E-state index in [4.69, 9.17) is 0 Å². The summed E-state index contributed by atoms with van der Waals surface area (Å²) < 4.78 is 13.8. The summed E-state index contributed by atoms with van der Waals surface area (Å²) in [6.07, 6.45) is 1.92. The Labute approximate surface area is 131 Å². The highest BCUT2D eigenvalue weighted by atomic mass is 79.9. The lowest BCUT2D eigenvalue weighted by Gasteiger charge is -2.18. The van der Waals surface area contributed by atoms with Crippen molar-refractivity contribution in [2.45, 2.75) is 32.7 Å². The zero-order valence-electron chi connectivity index (χ0n) is 11.6. The molecule has 0 saturated heterocycles. The molecule has 1 heterocycles. The molecule has 1 aromatic heterocycles. The maximum atomic E-state index is 13.3. The van der Waals surface area contributed by atoms with Gasteiger partial charge in [0, 0.05) is 10.9 Å². The first kappa shape index (κ1) is 15.6. The summed E-state index contributed by atoms with van der Waals surface area (Å²) in [6.45, 7) is 5.15. The Balaban J connectivity index is 2.19. The first-order valence-corrected chi connectivity index (χ1v) is 8.36. The van der Waals surface area contributed by atoms with E-state index in [1.807, 2.05) is 24.6 Å². The molecule has 1 unspecified atom stereocenters. The second-order valence-electron chi connectivity index (χ2n) is 4.76. The van der Waals surface area contributed by atoms with Gasteiger partial charge in [-0.2, -0.15) is 0 Å². The van der Waals surface area contributed by atoms with Crippen molar-refractivity contribution in [1.29, 1.82) is 0 Å². The Morgan fingerprint density at radius 1 is 1.45 bits per heavy atom. The van der Waals surface area contributed by atoms with E-state index in [1.165, 1.54) is 10.9 Å². The number of hydrogen-bond donors (Lipinski definition) is 1. The number of aromatic nitrogens is 1. The molecule has 1 aromatic carbocycles. The number of halogens is 2. The maximum Gasteiger partial charge on any atom is 0.137 e. The van der Waals surface area contributed by atoms with Gasteiger partial charge in [-0.15, -0.1) is 11.3 Å². The molecule has 0 amide bonds. The number of hydrogen-bond acceptors (Lipinski definition) is 3. The summed E-state index contributed by atoms with van der Waals surface area (Å²) >= 11 is 4.92. The van der Waals surface area contributed by atoms with Gasteiger partial charge in [-0.3, -0.25) is 0 Å². The van der Waals surface area contributed by atoms with Crippen LogP contribution in [0.1, 0.15) is 35.5 Å². The van der Waals surface area contributed by atoms with Crippen molar-refractivity contribution in [3.63, 3.8) is 0 Å². The minimum Gasteiger partial charge on any atom is -0.309 e. The third kappa shape index (κ3) is 3.87. The standard InChI is InChI=1S/C15H18BrFN2S/c1-3-6-18-14(15-10(2)19-9-20-15)8-11-4-5-13(17)12(16)7-11/h4-5,7,9,14,18H,3,6,8H2,1-2H3. The van der Waals surface area contributed by atoms with Gasteiger partial charge in [-0.05, 0) is 59.9 Å². The predicted molar refractivity (Wildman–Crippen MR) is 85.7 cm³/mol. The molecule has 0 aliphatic rings. The van der Waals surface area contributed by atoms with Crippen LogP contribution in [-0.4, -0.2) is 11.5 Å². The van der Waals surface area contributed by atoms with Crippen LogP contribution in [0.3, 0.4) is 0 Å². The summed E-state index contributed by atoms with van der Waals surface area (Å²) in [5.41, 5.74) is 4.07. The van der Waals surface area contributed by atoms with Crippen LogP contribution in [0.2, 0.25) is 0 Å². The number of benzene rings is 1. The van der Waals surface area contributed by atoms with Gasteiger partial charge >= 0.3 is 0 Å². The van der Waals surface area contributed by atoms with Crippen molar-refractivity contribution >= 4 is 27.3 Å². The summed E-state index contributed by atoms with van der Waals surface area (Å²) in [6, 6.07) is 5.44. The van der Waals surface area contributed by atoms with Crippen LogP contribution >= 0.6 is 27.3 Å². The molecule has 1 N–H and O–H groups in total. The highest BCUT2D eigenvalue weighted by Crippen LogP contribution is 2.26. The van der Waals surface area contributed by atoms with Gasteiger partial charge in [0.25, 0.3) is 0 Å². The van der Waals surface area contributed by atoms with Crippen LogP contribution in [0.25, 0.3) is 0 Å². The van der Waals surface area contributed by atoms with Crippen molar-refractivity contribution in [2.75, 3.05) is 6.54 Å². The molecule has 5 heteroatoms. The van der Waals surface area contributed by atoms with Crippen molar-refractivity contribution in [2.24, 2.45) is 0 Å². The average molecular weight is 357 g/mol. The van der Waals surface area contributed by atoms with Crippen LogP contribution in [0.4, 0.5) is 4.39 Å². The normalized spacial score (nSPS) is 12.6. The lowest BCUT2D eigenvalue weighted by molar-refractivity contribution is 0.532. The molecular weight excluding hydrogens is 339 g/mol. The lowest BCUT2D eigenvalue weighted by Crippen LogP contribution is -2.24. The van der Waals surface area contributed by atoms with Crippen LogP contribution in [0.5, 0.6) is 0 Å². The van der Waals surface area contributed by atoms with Gasteiger partial charge < -0.3 is 5.32 Å². The summed E-state index contributed by atoms with van der Waals surface area (Å²) in [5.74, 6) is -0.221. The maximum absolute atomic E-state index is 13.3. The van der Waals surface area contributed by atoms with E-state index in [2.05, 4.69) is 33.2 Å². The van der Waals surface area contributed by atoms with E-state index < -0.39 is 0 Å². The third-order valence-electron chi connectivity index (χ3n) is 3.16. The third-order valence-corrected chi connectivity index (χ3v) is 4.82. The zero-order chi connectivity index (χ0) is 14.5. The summed E-state index contributed by atoms with van der Waals surface area (Å²) in [5, 5.41) is 3.56. The van der Waals surface area contributed by atoms with Crippen molar-refractivity contribution in [1.82, 2.24) is 10.3 Å². The van der Waals surface area contributed by atoms with Crippen LogP contribution in [-0.2, 0) is 6.42 Å². The minimum atomic E-state index is -0.221. The Bertz CT molecular complexity index is 571. The van der Waals surface area contributed by atoms with E-state index in [9.17, 15) is 4.39 Å². The van der Waals surface area contributed by atoms with E-state index in [0.29, 0.717) is 4.47 Å². The second kappa shape index (κ2) is 7.29. The molecule has 0 bridgehead atoms. The molecule has 0 aliphatic carbocycles. The molecule has 2 aromatic rings. The van der Waals surface area contributed by atoms with Gasteiger partial charge in [0.15, 0.2) is 0 Å². The van der Waals surface area contributed by atoms with Gasteiger partial charge in [0.1, 0.15) is 5.82 Å². The van der Waals surface area contributed by atoms with Crippen molar-refractivity contribution < 1.29 is 4.39 Å². The molecule has 20 heavy (non-hydrogen) atoms. The zero-order valence-corrected chi connectivity index (χ0v) is 14.0. The fourth-order valence-electron chi connectivity index (χ4n) is 2.12. The number of thiazole rings is 1. The molecule has 108 valence electrons. The number of nitrogens with zero attached hydrogens (tertiary/aromatic N) is 1. The van der Waals surface area contributed by atoms with Crippen molar-refractivity contribution in [3.05, 3.63) is 50.1 Å². The summed E-state index contributed by atoms with van der Waals surface area (Å²) in [4.78, 5) is 5.59. The average Bonchev–Trinajstić information content (AvgIpc) is 2.85. The highest BCUT2D eigenvalue weighted by molar-refractivity contribution is 9.10. The quantitative estimate of drug-likeness (QED) is 0.815. The van der Waals surface area contributed by atoms with E-state index in [1.54, 1.807) is 11.3 Å². The van der Waals surface area contributed by atoms with Gasteiger partial charge in [-0.1, -0.05) is 13.0 Å². The molecule has 1 atom stereocenters. The molecule has 0 spiro atoms. The largest absolute Gasteiger partial charge is 0.309 e. The van der Waals surface area contributed by atoms with Crippen LogP contribution < -0.4 is 5.32 Å². The first-order chi connectivity index (χ1) is 9.61. The highest BCUT2D eigenvalue weighted by Gasteiger charge is 2.16. The molecular formula is C15H18BrFN2S. The lowest BCUT2D eigenvalue weighted by atomic mass is 10.0. The number of aryl methyl sites for hydroxylation is 1. The second-order valence-corrected chi connectivity index (χ2v) is 6.50. The Morgan fingerprint density at radius 3 is 2.85 bits per heavy atom. The SMILES string of the molecule is CCCNC(Cc1ccc(F)c(Br)c1)c1scnc1C. The molecule has 0 radical (unpaired) electrons. The fraction of sp³-hybridized carbons (Fsp3) is 0.400. The van der Waals surface area contributed by atoms with E-state index in [-0.39, 0.29) is 11.9 Å². The van der Waals surface area contributed by atoms with Gasteiger partial charge in [-0.25, -0.2) is 9.37 Å². The fourth-order valence-corrected chi connectivity index (χ4v) is 3.43. The van der Waals surface area contributed by atoms with Crippen molar-refractivity contribution in [3.8, 4) is 0 Å². The summed E-state index contributed by atoms with van der Waals surface area (Å²) in [7, 11) is 0. The monoisotopic (exact) mass is 356 g/mol. The Kier molecular flexibility index (Phi) is 5.69. The Hall–Kier alpha value is -0.780.